The summed E-state index contributed by atoms with van der Waals surface area (Å²) in [6, 6.07) is 6.91. The summed E-state index contributed by atoms with van der Waals surface area (Å²) in [7, 11) is 1.76. The van der Waals surface area contributed by atoms with Gasteiger partial charge in [0.05, 0.1) is 17.2 Å². The third-order valence-corrected chi connectivity index (χ3v) is 5.47. The van der Waals surface area contributed by atoms with Crippen LogP contribution in [0.4, 0.5) is 4.39 Å². The van der Waals surface area contributed by atoms with E-state index in [0.29, 0.717) is 5.75 Å². The van der Waals surface area contributed by atoms with Crippen molar-refractivity contribution in [2.75, 3.05) is 19.3 Å². The van der Waals surface area contributed by atoms with Gasteiger partial charge in [-0.15, -0.1) is 35.3 Å². The van der Waals surface area contributed by atoms with E-state index in [-0.39, 0.29) is 29.8 Å². The molecule has 0 bridgehead atoms. The molecule has 2 rings (SSSR count). The molecule has 0 amide bonds. The topological polar surface area (TPSA) is 49.3 Å². The Balaban J connectivity index is 0.00000312. The van der Waals surface area contributed by atoms with Gasteiger partial charge in [-0.2, -0.15) is 11.8 Å². The van der Waals surface area contributed by atoms with Crippen LogP contribution >= 0.6 is 47.1 Å². The number of halogens is 2. The van der Waals surface area contributed by atoms with E-state index in [1.807, 2.05) is 26.0 Å². The van der Waals surface area contributed by atoms with Gasteiger partial charge in [0.15, 0.2) is 5.96 Å². The number of thiazole rings is 1. The summed E-state index contributed by atoms with van der Waals surface area (Å²) >= 11 is 3.40. The van der Waals surface area contributed by atoms with Crippen LogP contribution in [-0.2, 0) is 12.3 Å². The van der Waals surface area contributed by atoms with Crippen LogP contribution in [0.5, 0.6) is 0 Å². The van der Waals surface area contributed by atoms with Gasteiger partial charge in [0.2, 0.25) is 0 Å². The lowest BCUT2D eigenvalue weighted by Gasteiger charge is -2.11. The molecule has 0 aliphatic carbocycles. The fraction of sp³-hybridized carbons (Fsp3) is 0.412. The summed E-state index contributed by atoms with van der Waals surface area (Å²) in [5, 5.41) is 7.65. The fourth-order valence-electron chi connectivity index (χ4n) is 2.16. The summed E-state index contributed by atoms with van der Waals surface area (Å²) in [6.07, 6.45) is 0. The second kappa shape index (κ2) is 11.7. The first-order valence-corrected chi connectivity index (χ1v) is 9.76. The molecule has 0 atom stereocenters. The molecule has 0 unspecified atom stereocenters. The van der Waals surface area contributed by atoms with Crippen molar-refractivity contribution in [3.05, 3.63) is 51.2 Å². The van der Waals surface area contributed by atoms with Gasteiger partial charge in [-0.05, 0) is 25.5 Å². The first-order valence-electron chi connectivity index (χ1n) is 7.78. The predicted octanol–water partition coefficient (Wildman–Crippen LogP) is 4.12. The summed E-state index contributed by atoms with van der Waals surface area (Å²) in [4.78, 5) is 9.87. The number of benzene rings is 1. The smallest absolute Gasteiger partial charge is 0.191 e. The van der Waals surface area contributed by atoms with Gasteiger partial charge < -0.3 is 10.6 Å². The molecule has 0 fully saturated rings. The molecule has 8 heteroatoms. The Labute approximate surface area is 174 Å². The largest absolute Gasteiger partial charge is 0.356 e. The zero-order valence-electron chi connectivity index (χ0n) is 14.6. The van der Waals surface area contributed by atoms with Crippen LogP contribution in [0, 0.1) is 19.7 Å². The van der Waals surface area contributed by atoms with Crippen molar-refractivity contribution in [1.82, 2.24) is 15.6 Å². The number of rotatable bonds is 7. The third-order valence-electron chi connectivity index (χ3n) is 3.39. The number of guanidine groups is 1. The molecule has 1 heterocycles. The number of aliphatic imine (C=N–C) groups is 1. The standard InChI is InChI=1S/C17H23FN4S2.HI/c1-12-16(24-13(2)22-12)10-21-17(19-3)20-8-9-23-11-14-6-4-5-7-15(14)18;/h4-7H,8-11H2,1-3H3,(H2,19,20,21);1H. The average molecular weight is 494 g/mol. The summed E-state index contributed by atoms with van der Waals surface area (Å²) < 4.78 is 13.5. The molecule has 138 valence electrons. The number of nitrogens with one attached hydrogen (secondary N) is 2. The van der Waals surface area contributed by atoms with Crippen molar-refractivity contribution in [1.29, 1.82) is 0 Å². The lowest BCUT2D eigenvalue weighted by atomic mass is 10.2. The Hall–Kier alpha value is -0.870. The minimum atomic E-state index is -0.134. The second-order valence-corrected chi connectivity index (χ2v) is 7.63. The molecule has 4 nitrogen and oxygen atoms in total. The van der Waals surface area contributed by atoms with Gasteiger partial charge >= 0.3 is 0 Å². The van der Waals surface area contributed by atoms with E-state index in [9.17, 15) is 4.39 Å². The van der Waals surface area contributed by atoms with E-state index in [2.05, 4.69) is 20.6 Å². The Bertz CT molecular complexity index is 691. The zero-order chi connectivity index (χ0) is 17.4. The quantitative estimate of drug-likeness (QED) is 0.263. The highest BCUT2D eigenvalue weighted by Crippen LogP contribution is 2.16. The van der Waals surface area contributed by atoms with Gasteiger partial charge in [-0.3, -0.25) is 4.99 Å². The average Bonchev–Trinajstić information content (AvgIpc) is 2.89. The number of hydrogen-bond acceptors (Lipinski definition) is 4. The molecule has 0 aliphatic rings. The number of hydrogen-bond donors (Lipinski definition) is 2. The van der Waals surface area contributed by atoms with Crippen LogP contribution in [0.1, 0.15) is 21.1 Å². The summed E-state index contributed by atoms with van der Waals surface area (Å²) in [5.74, 6) is 2.20. The molecule has 1 aromatic carbocycles. The SMILES string of the molecule is CN=C(NCCSCc1ccccc1F)NCc1sc(C)nc1C.I. The maximum Gasteiger partial charge on any atom is 0.191 e. The lowest BCUT2D eigenvalue weighted by molar-refractivity contribution is 0.617. The van der Waals surface area contributed by atoms with E-state index < -0.39 is 0 Å². The molecule has 25 heavy (non-hydrogen) atoms. The van der Waals surface area contributed by atoms with Crippen LogP contribution < -0.4 is 10.6 Å². The number of nitrogens with zero attached hydrogens (tertiary/aromatic N) is 2. The highest BCUT2D eigenvalue weighted by molar-refractivity contribution is 14.0. The molecular formula is C17H24FIN4S2. The molecule has 2 N–H and O–H groups in total. The van der Waals surface area contributed by atoms with Crippen molar-refractivity contribution < 1.29 is 4.39 Å². The minimum Gasteiger partial charge on any atom is -0.356 e. The molecular weight excluding hydrogens is 470 g/mol. The highest BCUT2D eigenvalue weighted by Gasteiger charge is 2.06. The molecule has 1 aromatic heterocycles. The summed E-state index contributed by atoms with van der Waals surface area (Å²) in [6.45, 7) is 5.54. The van der Waals surface area contributed by atoms with E-state index in [1.165, 1.54) is 10.9 Å². The normalized spacial score (nSPS) is 11.1. The number of aryl methyl sites for hydroxylation is 2. The zero-order valence-corrected chi connectivity index (χ0v) is 18.6. The Morgan fingerprint density at radius 1 is 1.28 bits per heavy atom. The van der Waals surface area contributed by atoms with Gasteiger partial charge in [0, 0.05) is 30.0 Å². The van der Waals surface area contributed by atoms with Gasteiger partial charge in [-0.25, -0.2) is 9.37 Å². The Morgan fingerprint density at radius 2 is 2.04 bits per heavy atom. The minimum absolute atomic E-state index is 0. The molecule has 0 aliphatic heterocycles. The maximum absolute atomic E-state index is 13.5. The van der Waals surface area contributed by atoms with Crippen molar-refractivity contribution >= 4 is 53.0 Å². The van der Waals surface area contributed by atoms with E-state index in [1.54, 1.807) is 36.2 Å². The van der Waals surface area contributed by atoms with E-state index in [0.717, 1.165) is 41.1 Å². The molecule has 0 radical (unpaired) electrons. The van der Waals surface area contributed by atoms with Crippen LogP contribution in [0.25, 0.3) is 0 Å². The third kappa shape index (κ3) is 7.49. The monoisotopic (exact) mass is 494 g/mol. The first kappa shape index (κ1) is 22.2. The van der Waals surface area contributed by atoms with Crippen molar-refractivity contribution in [3.63, 3.8) is 0 Å². The maximum atomic E-state index is 13.5. The number of aromatic nitrogens is 1. The molecule has 0 spiro atoms. The van der Waals surface area contributed by atoms with Gasteiger partial charge in [0.1, 0.15) is 5.82 Å². The summed E-state index contributed by atoms with van der Waals surface area (Å²) in [5.41, 5.74) is 1.82. The van der Waals surface area contributed by atoms with Crippen molar-refractivity contribution in [2.45, 2.75) is 26.1 Å². The molecule has 2 aromatic rings. The Kier molecular flexibility index (Phi) is 10.4. The predicted molar refractivity (Wildman–Crippen MR) is 118 cm³/mol. The fourth-order valence-corrected chi connectivity index (χ4v) is 3.88. The van der Waals surface area contributed by atoms with Gasteiger partial charge in [-0.1, -0.05) is 18.2 Å². The van der Waals surface area contributed by atoms with Crippen LogP contribution in [0.3, 0.4) is 0 Å². The number of thioether (sulfide) groups is 1. The highest BCUT2D eigenvalue weighted by atomic mass is 127. The molecule has 0 saturated carbocycles. The molecule has 0 saturated heterocycles. The lowest BCUT2D eigenvalue weighted by Crippen LogP contribution is -2.37. The van der Waals surface area contributed by atoms with Crippen LogP contribution in [0.2, 0.25) is 0 Å². The van der Waals surface area contributed by atoms with Crippen molar-refractivity contribution in [2.24, 2.45) is 4.99 Å². The first-order chi connectivity index (χ1) is 11.6. The Morgan fingerprint density at radius 3 is 2.68 bits per heavy atom. The van der Waals surface area contributed by atoms with Gasteiger partial charge in [0.25, 0.3) is 0 Å². The van der Waals surface area contributed by atoms with Crippen LogP contribution in [-0.4, -0.2) is 30.3 Å². The van der Waals surface area contributed by atoms with Crippen molar-refractivity contribution in [3.8, 4) is 0 Å². The van der Waals surface area contributed by atoms with E-state index in [4.69, 9.17) is 0 Å². The van der Waals surface area contributed by atoms with E-state index >= 15 is 0 Å². The second-order valence-electron chi connectivity index (χ2n) is 5.24. The van der Waals surface area contributed by atoms with Crippen LogP contribution in [0.15, 0.2) is 29.3 Å².